The van der Waals surface area contributed by atoms with Crippen LogP contribution >= 0.6 is 0 Å². The fourth-order valence-corrected chi connectivity index (χ4v) is 6.60. The molecule has 1 heterocycles. The van der Waals surface area contributed by atoms with Crippen LogP contribution in [0.2, 0.25) is 0 Å². The molecule has 2 aliphatic carbocycles. The Labute approximate surface area is 116 Å². The van der Waals surface area contributed by atoms with Crippen molar-refractivity contribution in [3.8, 4) is 0 Å². The lowest BCUT2D eigenvalue weighted by molar-refractivity contribution is 0.260. The molecule has 0 aromatic rings. The van der Waals surface area contributed by atoms with Gasteiger partial charge < -0.3 is 0 Å². The zero-order chi connectivity index (χ0) is 13.5. The van der Waals surface area contributed by atoms with Crippen molar-refractivity contribution in [2.75, 3.05) is 11.5 Å². The van der Waals surface area contributed by atoms with Crippen molar-refractivity contribution in [2.45, 2.75) is 51.0 Å². The van der Waals surface area contributed by atoms with Crippen LogP contribution < -0.4 is 11.3 Å². The first-order valence-electron chi connectivity index (χ1n) is 7.72. The van der Waals surface area contributed by atoms with E-state index < -0.39 is 9.84 Å². The van der Waals surface area contributed by atoms with E-state index in [1.807, 2.05) is 0 Å². The summed E-state index contributed by atoms with van der Waals surface area (Å²) in [7, 11) is -2.75. The SMILES string of the molecule is NNC(CC1CCS(=O)(=O)C1)CC1CC2CCC1C2. The first-order chi connectivity index (χ1) is 9.05. The third-order valence-electron chi connectivity index (χ3n) is 5.65. The zero-order valence-corrected chi connectivity index (χ0v) is 12.4. The smallest absolute Gasteiger partial charge is 0.150 e. The second-order valence-electron chi connectivity index (χ2n) is 7.04. The molecule has 0 aromatic carbocycles. The molecule has 2 bridgehead atoms. The van der Waals surface area contributed by atoms with E-state index in [-0.39, 0.29) is 0 Å². The van der Waals surface area contributed by atoms with Crippen molar-refractivity contribution in [1.82, 2.24) is 5.43 Å². The molecule has 3 N–H and O–H groups in total. The standard InChI is InChI=1S/C14H26N2O2S/c15-16-14(7-11-3-4-19(17,18)9-11)8-13-6-10-1-2-12(13)5-10/h10-14,16H,1-9,15H2. The van der Waals surface area contributed by atoms with E-state index in [1.165, 1.54) is 25.7 Å². The van der Waals surface area contributed by atoms with Gasteiger partial charge in [0, 0.05) is 6.04 Å². The Morgan fingerprint density at radius 2 is 2.00 bits per heavy atom. The quantitative estimate of drug-likeness (QED) is 0.593. The Morgan fingerprint density at radius 3 is 2.53 bits per heavy atom. The molecule has 0 aromatic heterocycles. The molecular weight excluding hydrogens is 260 g/mol. The van der Waals surface area contributed by atoms with Crippen molar-refractivity contribution in [3.05, 3.63) is 0 Å². The summed E-state index contributed by atoms with van der Waals surface area (Å²) in [5, 5.41) is 0. The number of rotatable bonds is 5. The van der Waals surface area contributed by atoms with Crippen molar-refractivity contribution in [2.24, 2.45) is 29.5 Å². The minimum Gasteiger partial charge on any atom is -0.271 e. The first kappa shape index (κ1) is 13.8. The number of fused-ring (bicyclic) bond motifs is 2. The molecule has 1 saturated heterocycles. The minimum atomic E-state index is -2.75. The molecule has 1 aliphatic heterocycles. The lowest BCUT2D eigenvalue weighted by Crippen LogP contribution is -2.39. The molecule has 2 saturated carbocycles. The van der Waals surface area contributed by atoms with Crippen molar-refractivity contribution >= 4 is 9.84 Å². The van der Waals surface area contributed by atoms with Gasteiger partial charge in [-0.05, 0) is 62.2 Å². The molecule has 4 nitrogen and oxygen atoms in total. The maximum absolute atomic E-state index is 11.5. The van der Waals surface area contributed by atoms with Crippen LogP contribution in [-0.4, -0.2) is 26.0 Å². The average Bonchev–Trinajstić information content (AvgIpc) is 3.04. The van der Waals surface area contributed by atoms with Gasteiger partial charge in [0.2, 0.25) is 0 Å². The van der Waals surface area contributed by atoms with E-state index in [4.69, 9.17) is 5.84 Å². The van der Waals surface area contributed by atoms with E-state index >= 15 is 0 Å². The highest BCUT2D eigenvalue weighted by Crippen LogP contribution is 2.50. The molecule has 5 unspecified atom stereocenters. The maximum Gasteiger partial charge on any atom is 0.150 e. The number of hydrazine groups is 1. The van der Waals surface area contributed by atoms with Crippen molar-refractivity contribution in [3.63, 3.8) is 0 Å². The second kappa shape index (κ2) is 5.34. The molecule has 0 radical (unpaired) electrons. The first-order valence-corrected chi connectivity index (χ1v) is 9.54. The van der Waals surface area contributed by atoms with Gasteiger partial charge in [0.05, 0.1) is 11.5 Å². The molecule has 19 heavy (non-hydrogen) atoms. The van der Waals surface area contributed by atoms with Crippen LogP contribution in [0.15, 0.2) is 0 Å². The Hall–Kier alpha value is -0.130. The van der Waals surface area contributed by atoms with Crippen LogP contribution in [-0.2, 0) is 9.84 Å². The number of nitrogens with two attached hydrogens (primary N) is 1. The van der Waals surface area contributed by atoms with Gasteiger partial charge in [-0.1, -0.05) is 6.42 Å². The van der Waals surface area contributed by atoms with E-state index in [9.17, 15) is 8.42 Å². The van der Waals surface area contributed by atoms with Crippen LogP contribution in [0.25, 0.3) is 0 Å². The summed E-state index contributed by atoms with van der Waals surface area (Å²) in [6, 6.07) is 0.308. The second-order valence-corrected chi connectivity index (χ2v) is 9.27. The number of sulfone groups is 1. The van der Waals surface area contributed by atoms with Gasteiger partial charge in [0.25, 0.3) is 0 Å². The van der Waals surface area contributed by atoms with Gasteiger partial charge in [0.15, 0.2) is 9.84 Å². The average molecular weight is 286 g/mol. The van der Waals surface area contributed by atoms with Crippen LogP contribution in [0.1, 0.15) is 44.9 Å². The molecule has 110 valence electrons. The maximum atomic E-state index is 11.5. The molecule has 0 spiro atoms. The Bertz CT molecular complexity index is 423. The van der Waals surface area contributed by atoms with Crippen molar-refractivity contribution < 1.29 is 8.42 Å². The van der Waals surface area contributed by atoms with Crippen LogP contribution in [0.5, 0.6) is 0 Å². The van der Waals surface area contributed by atoms with E-state index in [0.29, 0.717) is 23.5 Å². The molecule has 3 aliphatic rings. The monoisotopic (exact) mass is 286 g/mol. The van der Waals surface area contributed by atoms with E-state index in [0.717, 1.165) is 37.0 Å². The summed E-state index contributed by atoms with van der Waals surface area (Å²) in [5.74, 6) is 9.50. The number of nitrogens with one attached hydrogen (secondary N) is 1. The highest BCUT2D eigenvalue weighted by molar-refractivity contribution is 7.91. The van der Waals surface area contributed by atoms with Crippen LogP contribution in [0.3, 0.4) is 0 Å². The Kier molecular flexibility index (Phi) is 3.89. The largest absolute Gasteiger partial charge is 0.271 e. The topological polar surface area (TPSA) is 72.2 Å². The number of hydrogen-bond donors (Lipinski definition) is 2. The minimum absolute atomic E-state index is 0.308. The van der Waals surface area contributed by atoms with E-state index in [2.05, 4.69) is 5.43 Å². The molecule has 3 fully saturated rings. The van der Waals surface area contributed by atoms with Gasteiger partial charge in [0.1, 0.15) is 0 Å². The fraction of sp³-hybridized carbons (Fsp3) is 1.00. The van der Waals surface area contributed by atoms with Gasteiger partial charge in [-0.15, -0.1) is 0 Å². The fourth-order valence-electron chi connectivity index (χ4n) is 4.72. The summed E-state index contributed by atoms with van der Waals surface area (Å²) in [6.07, 6.45) is 8.56. The third kappa shape index (κ3) is 3.14. The van der Waals surface area contributed by atoms with Crippen molar-refractivity contribution in [1.29, 1.82) is 0 Å². The molecule has 3 rings (SSSR count). The van der Waals surface area contributed by atoms with Crippen LogP contribution in [0.4, 0.5) is 0 Å². The highest BCUT2D eigenvalue weighted by atomic mass is 32.2. The normalized spacial score (nSPS) is 41.7. The summed E-state index contributed by atoms with van der Waals surface area (Å²) < 4.78 is 23.0. The molecule has 5 atom stereocenters. The lowest BCUT2D eigenvalue weighted by atomic mass is 9.82. The van der Waals surface area contributed by atoms with Gasteiger partial charge in [-0.3, -0.25) is 11.3 Å². The zero-order valence-electron chi connectivity index (χ0n) is 11.6. The molecular formula is C14H26N2O2S. The summed E-state index contributed by atoms with van der Waals surface area (Å²) in [6.45, 7) is 0. The van der Waals surface area contributed by atoms with Crippen LogP contribution in [0, 0.1) is 23.7 Å². The van der Waals surface area contributed by atoms with Gasteiger partial charge in [-0.25, -0.2) is 8.42 Å². The highest BCUT2D eigenvalue weighted by Gasteiger charge is 2.40. The van der Waals surface area contributed by atoms with E-state index in [1.54, 1.807) is 0 Å². The Balaban J connectivity index is 1.51. The third-order valence-corrected chi connectivity index (χ3v) is 7.49. The van der Waals surface area contributed by atoms with Gasteiger partial charge in [-0.2, -0.15) is 0 Å². The van der Waals surface area contributed by atoms with Gasteiger partial charge >= 0.3 is 0 Å². The summed E-state index contributed by atoms with van der Waals surface area (Å²) in [5.41, 5.74) is 2.95. The Morgan fingerprint density at radius 1 is 1.16 bits per heavy atom. The predicted octanol–water partition coefficient (Wildman–Crippen LogP) is 1.47. The molecule has 0 amide bonds. The predicted molar refractivity (Wildman–Crippen MR) is 76.0 cm³/mol. The molecule has 5 heteroatoms. The summed E-state index contributed by atoms with van der Waals surface area (Å²) in [4.78, 5) is 0. The number of hydrogen-bond acceptors (Lipinski definition) is 4. The summed E-state index contributed by atoms with van der Waals surface area (Å²) >= 11 is 0. The lowest BCUT2D eigenvalue weighted by Gasteiger charge is -2.27.